The van der Waals surface area contributed by atoms with Gasteiger partial charge in [0.15, 0.2) is 0 Å². The summed E-state index contributed by atoms with van der Waals surface area (Å²) < 4.78 is 0. The van der Waals surface area contributed by atoms with Crippen LogP contribution in [0, 0.1) is 0 Å². The Bertz CT molecular complexity index is 630. The van der Waals surface area contributed by atoms with Gasteiger partial charge in [-0.3, -0.25) is 9.59 Å². The summed E-state index contributed by atoms with van der Waals surface area (Å²) in [6, 6.07) is 7.05. The van der Waals surface area contributed by atoms with Crippen LogP contribution in [0.1, 0.15) is 18.4 Å². The molecule has 2 N–H and O–H groups in total. The first-order valence-electron chi connectivity index (χ1n) is 8.23. The number of benzene rings is 1. The number of amides is 3. The fourth-order valence-electron chi connectivity index (χ4n) is 2.62. The number of nitrogens with zero attached hydrogens (tertiary/aromatic N) is 2. The summed E-state index contributed by atoms with van der Waals surface area (Å²) in [6.07, 6.45) is 0.684. The number of urea groups is 1. The van der Waals surface area contributed by atoms with Gasteiger partial charge < -0.3 is 20.2 Å². The molecule has 7 nitrogen and oxygen atoms in total. The monoisotopic (exact) mass is 367 g/mol. The molecule has 1 heterocycles. The molecule has 0 spiro atoms. The van der Waals surface area contributed by atoms with Gasteiger partial charge in [-0.1, -0.05) is 29.8 Å². The maximum absolute atomic E-state index is 12.4. The van der Waals surface area contributed by atoms with Gasteiger partial charge in [-0.2, -0.15) is 0 Å². The van der Waals surface area contributed by atoms with E-state index in [0.29, 0.717) is 44.2 Å². The van der Waals surface area contributed by atoms with Crippen LogP contribution in [0.25, 0.3) is 0 Å². The molecule has 1 aliphatic heterocycles. The molecule has 0 atom stereocenters. The summed E-state index contributed by atoms with van der Waals surface area (Å²) in [5, 5.41) is 11.8. The highest BCUT2D eigenvalue weighted by Crippen LogP contribution is 2.16. The molecule has 136 valence electrons. The third-order valence-electron chi connectivity index (χ3n) is 4.06. The average Bonchev–Trinajstić information content (AvgIpc) is 2.60. The Morgan fingerprint density at radius 3 is 2.36 bits per heavy atom. The van der Waals surface area contributed by atoms with E-state index in [1.807, 2.05) is 18.2 Å². The number of halogens is 1. The Morgan fingerprint density at radius 2 is 1.72 bits per heavy atom. The van der Waals surface area contributed by atoms with Crippen molar-refractivity contribution in [2.75, 3.05) is 32.7 Å². The third kappa shape index (κ3) is 5.94. The van der Waals surface area contributed by atoms with E-state index in [2.05, 4.69) is 5.32 Å². The van der Waals surface area contributed by atoms with Crippen molar-refractivity contribution in [3.8, 4) is 0 Å². The number of rotatable bonds is 6. The van der Waals surface area contributed by atoms with E-state index in [-0.39, 0.29) is 24.8 Å². The number of hydrogen-bond donors (Lipinski definition) is 2. The molecule has 0 aromatic heterocycles. The predicted molar refractivity (Wildman–Crippen MR) is 93.6 cm³/mol. The smallest absolute Gasteiger partial charge is 0.317 e. The first kappa shape index (κ1) is 19.1. The zero-order valence-corrected chi connectivity index (χ0v) is 14.7. The highest BCUT2D eigenvalue weighted by Gasteiger charge is 2.24. The van der Waals surface area contributed by atoms with Crippen LogP contribution in [-0.2, 0) is 16.0 Å². The lowest BCUT2D eigenvalue weighted by Crippen LogP contribution is -2.53. The SMILES string of the molecule is O=C(O)CCCNC(=O)N1CCN(C(=O)Cc2ccccc2Cl)CC1. The molecule has 0 saturated carbocycles. The predicted octanol–water partition coefficient (Wildman–Crippen LogP) is 1.60. The fourth-order valence-corrected chi connectivity index (χ4v) is 2.82. The van der Waals surface area contributed by atoms with Gasteiger partial charge in [0.2, 0.25) is 5.91 Å². The Hall–Kier alpha value is -2.28. The van der Waals surface area contributed by atoms with Crippen LogP contribution in [-0.4, -0.2) is 65.5 Å². The number of carbonyl (C=O) groups is 3. The number of carboxylic acid groups (broad SMARTS) is 1. The highest BCUT2D eigenvalue weighted by molar-refractivity contribution is 6.31. The molecule has 0 aliphatic carbocycles. The standard InChI is InChI=1S/C17H22ClN3O4/c18-14-5-2-1-4-13(14)12-15(22)20-8-10-21(11-9-20)17(25)19-7-3-6-16(23)24/h1-2,4-5H,3,6-12H2,(H,19,25)(H,23,24). The van der Waals surface area contributed by atoms with Crippen LogP contribution in [0.2, 0.25) is 5.02 Å². The molecular weight excluding hydrogens is 346 g/mol. The molecule has 1 aromatic rings. The number of carbonyl (C=O) groups excluding carboxylic acids is 2. The van der Waals surface area contributed by atoms with Gasteiger partial charge in [0.1, 0.15) is 0 Å². The summed E-state index contributed by atoms with van der Waals surface area (Å²) in [5.41, 5.74) is 0.799. The van der Waals surface area contributed by atoms with Crippen LogP contribution < -0.4 is 5.32 Å². The van der Waals surface area contributed by atoms with E-state index in [9.17, 15) is 14.4 Å². The number of nitrogens with one attached hydrogen (secondary N) is 1. The van der Waals surface area contributed by atoms with E-state index < -0.39 is 5.97 Å². The Balaban J connectivity index is 1.73. The molecule has 0 unspecified atom stereocenters. The maximum Gasteiger partial charge on any atom is 0.317 e. The first-order chi connectivity index (χ1) is 12.0. The van der Waals surface area contributed by atoms with Crippen LogP contribution in [0.4, 0.5) is 4.79 Å². The lowest BCUT2D eigenvalue weighted by atomic mass is 10.1. The molecule has 1 saturated heterocycles. The van der Waals surface area contributed by atoms with Crippen molar-refractivity contribution >= 4 is 29.5 Å². The molecular formula is C17H22ClN3O4. The van der Waals surface area contributed by atoms with E-state index >= 15 is 0 Å². The lowest BCUT2D eigenvalue weighted by Gasteiger charge is -2.34. The van der Waals surface area contributed by atoms with E-state index in [1.54, 1.807) is 15.9 Å². The Labute approximate surface area is 151 Å². The third-order valence-corrected chi connectivity index (χ3v) is 4.43. The van der Waals surface area contributed by atoms with Gasteiger partial charge >= 0.3 is 12.0 Å². The normalized spacial score (nSPS) is 14.3. The second-order valence-electron chi connectivity index (χ2n) is 5.87. The summed E-state index contributed by atoms with van der Waals surface area (Å²) in [7, 11) is 0. The molecule has 1 aromatic carbocycles. The van der Waals surface area contributed by atoms with E-state index in [0.717, 1.165) is 5.56 Å². The molecule has 8 heteroatoms. The quantitative estimate of drug-likeness (QED) is 0.747. The van der Waals surface area contributed by atoms with Gasteiger partial charge in [0.05, 0.1) is 6.42 Å². The Morgan fingerprint density at radius 1 is 1.08 bits per heavy atom. The largest absolute Gasteiger partial charge is 0.481 e. The van der Waals surface area contributed by atoms with Crippen molar-refractivity contribution < 1.29 is 19.5 Å². The van der Waals surface area contributed by atoms with Crippen LogP contribution in [0.15, 0.2) is 24.3 Å². The van der Waals surface area contributed by atoms with Gasteiger partial charge in [-0.15, -0.1) is 0 Å². The van der Waals surface area contributed by atoms with Gasteiger partial charge in [-0.25, -0.2) is 4.79 Å². The highest BCUT2D eigenvalue weighted by atomic mass is 35.5. The second kappa shape index (κ2) is 9.27. The van der Waals surface area contributed by atoms with Gasteiger partial charge in [0.25, 0.3) is 0 Å². The Kier molecular flexibility index (Phi) is 7.06. The molecule has 1 aliphatic rings. The molecule has 3 amide bonds. The van der Waals surface area contributed by atoms with Crippen molar-refractivity contribution in [1.82, 2.24) is 15.1 Å². The summed E-state index contributed by atoms with van der Waals surface area (Å²) in [4.78, 5) is 38.2. The summed E-state index contributed by atoms with van der Waals surface area (Å²) >= 11 is 6.08. The van der Waals surface area contributed by atoms with Crippen molar-refractivity contribution in [3.05, 3.63) is 34.9 Å². The van der Waals surface area contributed by atoms with Crippen LogP contribution >= 0.6 is 11.6 Å². The summed E-state index contributed by atoms with van der Waals surface area (Å²) in [6.45, 7) is 2.20. The molecule has 0 bridgehead atoms. The molecule has 2 rings (SSSR count). The van der Waals surface area contributed by atoms with Crippen LogP contribution in [0.3, 0.4) is 0 Å². The second-order valence-corrected chi connectivity index (χ2v) is 6.27. The molecule has 25 heavy (non-hydrogen) atoms. The van der Waals surface area contributed by atoms with Gasteiger partial charge in [0, 0.05) is 44.2 Å². The van der Waals surface area contributed by atoms with Crippen molar-refractivity contribution in [2.24, 2.45) is 0 Å². The molecule has 0 radical (unpaired) electrons. The fraction of sp³-hybridized carbons (Fsp3) is 0.471. The zero-order chi connectivity index (χ0) is 18.2. The zero-order valence-electron chi connectivity index (χ0n) is 13.9. The topological polar surface area (TPSA) is 89.9 Å². The summed E-state index contributed by atoms with van der Waals surface area (Å²) in [5.74, 6) is -0.880. The number of carboxylic acids is 1. The number of piperazine rings is 1. The minimum Gasteiger partial charge on any atom is -0.481 e. The van der Waals surface area contributed by atoms with E-state index in [4.69, 9.17) is 16.7 Å². The minimum atomic E-state index is -0.875. The van der Waals surface area contributed by atoms with Crippen molar-refractivity contribution in [1.29, 1.82) is 0 Å². The van der Waals surface area contributed by atoms with E-state index in [1.165, 1.54) is 0 Å². The van der Waals surface area contributed by atoms with Crippen molar-refractivity contribution in [2.45, 2.75) is 19.3 Å². The van der Waals surface area contributed by atoms with Gasteiger partial charge in [-0.05, 0) is 18.1 Å². The minimum absolute atomic E-state index is 0.00498. The number of aliphatic carboxylic acids is 1. The maximum atomic E-state index is 12.4. The molecule has 1 fully saturated rings. The van der Waals surface area contributed by atoms with Crippen molar-refractivity contribution in [3.63, 3.8) is 0 Å². The first-order valence-corrected chi connectivity index (χ1v) is 8.61. The number of hydrogen-bond acceptors (Lipinski definition) is 3. The average molecular weight is 368 g/mol. The van der Waals surface area contributed by atoms with Crippen LogP contribution in [0.5, 0.6) is 0 Å². The lowest BCUT2D eigenvalue weighted by molar-refractivity contribution is -0.137.